The van der Waals surface area contributed by atoms with Gasteiger partial charge in [0.05, 0.1) is 11.9 Å². The van der Waals surface area contributed by atoms with E-state index in [-0.39, 0.29) is 5.82 Å². The summed E-state index contributed by atoms with van der Waals surface area (Å²) in [6.45, 7) is 5.48. The standard InChI is InChI=1S/C32H32FN3/c1-2-3-18-36-31(21-34-32(36)29-14-9-15-30(33)20-29)24-35(22-25-10-5-4-6-11-25)23-26-16-17-27-12-7-8-13-28(27)19-26/h4-17,19-21H,2-3,18,22-24H2,1H3. The summed E-state index contributed by atoms with van der Waals surface area (Å²) in [4.78, 5) is 7.22. The summed E-state index contributed by atoms with van der Waals surface area (Å²) in [5.74, 6) is 0.601. The number of hydrogen-bond donors (Lipinski definition) is 0. The lowest BCUT2D eigenvalue weighted by Gasteiger charge is -2.24. The van der Waals surface area contributed by atoms with Crippen molar-refractivity contribution in [2.24, 2.45) is 0 Å². The molecule has 1 heterocycles. The first-order valence-electron chi connectivity index (χ1n) is 12.7. The molecule has 0 amide bonds. The number of benzene rings is 4. The molecule has 0 aliphatic heterocycles. The van der Waals surface area contributed by atoms with E-state index in [0.717, 1.165) is 56.1 Å². The minimum absolute atomic E-state index is 0.235. The van der Waals surface area contributed by atoms with Crippen LogP contribution in [-0.2, 0) is 26.2 Å². The minimum atomic E-state index is -0.235. The highest BCUT2D eigenvalue weighted by molar-refractivity contribution is 5.82. The number of aromatic nitrogens is 2. The Labute approximate surface area is 212 Å². The molecule has 0 N–H and O–H groups in total. The van der Waals surface area contributed by atoms with Crippen LogP contribution in [0, 0.1) is 5.82 Å². The largest absolute Gasteiger partial charge is 0.327 e. The number of imidazole rings is 1. The smallest absolute Gasteiger partial charge is 0.140 e. The van der Waals surface area contributed by atoms with Crippen molar-refractivity contribution in [3.05, 3.63) is 126 Å². The molecule has 0 bridgehead atoms. The van der Waals surface area contributed by atoms with Crippen molar-refractivity contribution in [3.8, 4) is 11.4 Å². The van der Waals surface area contributed by atoms with Crippen LogP contribution in [-0.4, -0.2) is 14.5 Å². The summed E-state index contributed by atoms with van der Waals surface area (Å²) in [5, 5.41) is 2.52. The monoisotopic (exact) mass is 477 g/mol. The molecule has 0 unspecified atom stereocenters. The molecule has 36 heavy (non-hydrogen) atoms. The van der Waals surface area contributed by atoms with Crippen LogP contribution in [0.1, 0.15) is 36.6 Å². The lowest BCUT2D eigenvalue weighted by Crippen LogP contribution is -2.24. The SMILES string of the molecule is CCCCn1c(CN(Cc2ccccc2)Cc2ccc3ccccc3c2)cnc1-c1cccc(F)c1. The van der Waals surface area contributed by atoms with E-state index < -0.39 is 0 Å². The quantitative estimate of drug-likeness (QED) is 0.204. The number of halogens is 1. The summed E-state index contributed by atoms with van der Waals surface area (Å²) < 4.78 is 16.3. The predicted octanol–water partition coefficient (Wildman–Crippen LogP) is 7.84. The Kier molecular flexibility index (Phi) is 7.53. The van der Waals surface area contributed by atoms with Crippen molar-refractivity contribution >= 4 is 10.8 Å². The maximum Gasteiger partial charge on any atom is 0.140 e. The Bertz CT molecular complexity index is 1420. The summed E-state index contributed by atoms with van der Waals surface area (Å²) >= 11 is 0. The number of nitrogens with zero attached hydrogens (tertiary/aromatic N) is 3. The third-order valence-corrected chi connectivity index (χ3v) is 6.61. The van der Waals surface area contributed by atoms with Gasteiger partial charge in [-0.1, -0.05) is 92.2 Å². The third kappa shape index (κ3) is 5.72. The van der Waals surface area contributed by atoms with E-state index in [1.165, 1.54) is 28.0 Å². The average molecular weight is 478 g/mol. The zero-order chi connectivity index (χ0) is 24.7. The molecule has 5 rings (SSSR count). The molecule has 0 saturated carbocycles. The highest BCUT2D eigenvalue weighted by atomic mass is 19.1. The molecule has 0 saturated heterocycles. The van der Waals surface area contributed by atoms with E-state index in [1.54, 1.807) is 12.1 Å². The van der Waals surface area contributed by atoms with Gasteiger partial charge in [-0.15, -0.1) is 0 Å². The molecule has 0 atom stereocenters. The van der Waals surface area contributed by atoms with Crippen LogP contribution >= 0.6 is 0 Å². The fourth-order valence-electron chi connectivity index (χ4n) is 4.79. The van der Waals surface area contributed by atoms with Gasteiger partial charge in [0.2, 0.25) is 0 Å². The van der Waals surface area contributed by atoms with Gasteiger partial charge in [-0.05, 0) is 46.5 Å². The van der Waals surface area contributed by atoms with E-state index in [2.05, 4.69) is 89.2 Å². The van der Waals surface area contributed by atoms with Gasteiger partial charge >= 0.3 is 0 Å². The molecule has 4 aromatic carbocycles. The first-order valence-corrected chi connectivity index (χ1v) is 12.7. The fraction of sp³-hybridized carbons (Fsp3) is 0.219. The molecule has 0 radical (unpaired) electrons. The summed E-state index contributed by atoms with van der Waals surface area (Å²) in [5.41, 5.74) is 4.54. The Balaban J connectivity index is 1.47. The molecule has 0 aliphatic rings. The highest BCUT2D eigenvalue weighted by Crippen LogP contribution is 2.24. The van der Waals surface area contributed by atoms with Crippen molar-refractivity contribution in [2.45, 2.75) is 45.9 Å². The highest BCUT2D eigenvalue weighted by Gasteiger charge is 2.16. The molecule has 5 aromatic rings. The number of hydrogen-bond acceptors (Lipinski definition) is 2. The Hall–Kier alpha value is -3.76. The van der Waals surface area contributed by atoms with Crippen LogP contribution in [0.2, 0.25) is 0 Å². The predicted molar refractivity (Wildman–Crippen MR) is 146 cm³/mol. The number of rotatable bonds is 10. The van der Waals surface area contributed by atoms with Gasteiger partial charge < -0.3 is 4.57 Å². The lowest BCUT2D eigenvalue weighted by molar-refractivity contribution is 0.241. The zero-order valence-electron chi connectivity index (χ0n) is 20.8. The second-order valence-corrected chi connectivity index (χ2v) is 9.40. The second-order valence-electron chi connectivity index (χ2n) is 9.40. The molecule has 4 heteroatoms. The molecule has 0 spiro atoms. The summed E-state index contributed by atoms with van der Waals surface area (Å²) in [6, 6.07) is 32.6. The third-order valence-electron chi connectivity index (χ3n) is 6.61. The van der Waals surface area contributed by atoms with E-state index in [9.17, 15) is 4.39 Å². The lowest BCUT2D eigenvalue weighted by atomic mass is 10.1. The van der Waals surface area contributed by atoms with Crippen molar-refractivity contribution in [2.75, 3.05) is 0 Å². The Morgan fingerprint density at radius 1 is 0.750 bits per heavy atom. The van der Waals surface area contributed by atoms with Gasteiger partial charge in [-0.25, -0.2) is 9.37 Å². The number of unbranched alkanes of at least 4 members (excludes halogenated alkanes) is 1. The van der Waals surface area contributed by atoms with Crippen molar-refractivity contribution in [1.29, 1.82) is 0 Å². The van der Waals surface area contributed by atoms with Gasteiger partial charge in [0.25, 0.3) is 0 Å². The van der Waals surface area contributed by atoms with Crippen LogP contribution in [0.15, 0.2) is 103 Å². The van der Waals surface area contributed by atoms with Crippen LogP contribution in [0.4, 0.5) is 4.39 Å². The van der Waals surface area contributed by atoms with Gasteiger partial charge in [-0.3, -0.25) is 4.90 Å². The topological polar surface area (TPSA) is 21.1 Å². The molecule has 0 aliphatic carbocycles. The Morgan fingerprint density at radius 2 is 1.53 bits per heavy atom. The van der Waals surface area contributed by atoms with E-state index in [4.69, 9.17) is 4.98 Å². The zero-order valence-corrected chi connectivity index (χ0v) is 20.8. The van der Waals surface area contributed by atoms with E-state index in [0.29, 0.717) is 0 Å². The van der Waals surface area contributed by atoms with Gasteiger partial charge in [0.15, 0.2) is 0 Å². The first kappa shape index (κ1) is 24.0. The van der Waals surface area contributed by atoms with E-state index >= 15 is 0 Å². The average Bonchev–Trinajstić information content (AvgIpc) is 3.30. The fourth-order valence-corrected chi connectivity index (χ4v) is 4.79. The second kappa shape index (κ2) is 11.3. The van der Waals surface area contributed by atoms with Gasteiger partial charge in [0, 0.05) is 31.7 Å². The summed E-state index contributed by atoms with van der Waals surface area (Å²) in [7, 11) is 0. The summed E-state index contributed by atoms with van der Waals surface area (Å²) in [6.07, 6.45) is 4.11. The van der Waals surface area contributed by atoms with Crippen molar-refractivity contribution in [1.82, 2.24) is 14.5 Å². The first-order chi connectivity index (χ1) is 17.7. The van der Waals surface area contributed by atoms with Crippen LogP contribution in [0.5, 0.6) is 0 Å². The minimum Gasteiger partial charge on any atom is -0.327 e. The molecule has 0 fully saturated rings. The molecule has 182 valence electrons. The molecule has 1 aromatic heterocycles. The number of fused-ring (bicyclic) bond motifs is 1. The molecule has 3 nitrogen and oxygen atoms in total. The van der Waals surface area contributed by atoms with E-state index in [1.807, 2.05) is 12.3 Å². The molecular weight excluding hydrogens is 445 g/mol. The van der Waals surface area contributed by atoms with Gasteiger partial charge in [0.1, 0.15) is 11.6 Å². The maximum atomic E-state index is 14.0. The van der Waals surface area contributed by atoms with Crippen LogP contribution in [0.3, 0.4) is 0 Å². The normalized spacial score (nSPS) is 11.4. The molecular formula is C32H32FN3. The van der Waals surface area contributed by atoms with Gasteiger partial charge in [-0.2, -0.15) is 0 Å². The van der Waals surface area contributed by atoms with Crippen LogP contribution in [0.25, 0.3) is 22.2 Å². The van der Waals surface area contributed by atoms with Crippen LogP contribution < -0.4 is 0 Å². The Morgan fingerprint density at radius 3 is 2.33 bits per heavy atom. The van der Waals surface area contributed by atoms with Crippen molar-refractivity contribution in [3.63, 3.8) is 0 Å². The van der Waals surface area contributed by atoms with Crippen molar-refractivity contribution < 1.29 is 4.39 Å². The maximum absolute atomic E-state index is 14.0.